The van der Waals surface area contributed by atoms with Gasteiger partial charge >= 0.3 is 5.97 Å². The Morgan fingerprint density at radius 3 is 2.66 bits per heavy atom. The summed E-state index contributed by atoms with van der Waals surface area (Å²) in [5.41, 5.74) is 9.82. The minimum absolute atomic E-state index is 0.00970. The summed E-state index contributed by atoms with van der Waals surface area (Å²) in [7, 11) is 0. The molecule has 0 aromatic heterocycles. The summed E-state index contributed by atoms with van der Waals surface area (Å²) >= 11 is 0. The maximum atomic E-state index is 13.3. The maximum Gasteiger partial charge on any atom is 0.323 e. The van der Waals surface area contributed by atoms with Gasteiger partial charge in [0.2, 0.25) is 5.78 Å². The summed E-state index contributed by atoms with van der Waals surface area (Å²) in [6.07, 6.45) is 7.20. The molecule has 35 heavy (non-hydrogen) atoms. The molecule has 0 heterocycles. The Morgan fingerprint density at radius 1 is 1.20 bits per heavy atom. The third-order valence-electron chi connectivity index (χ3n) is 10.1. The second-order valence-electron chi connectivity index (χ2n) is 11.9. The highest BCUT2D eigenvalue weighted by Crippen LogP contribution is 2.67. The number of fused-ring (bicyclic) bond motifs is 5. The average Bonchev–Trinajstić information content (AvgIpc) is 3.08. The van der Waals surface area contributed by atoms with Crippen LogP contribution in [0.4, 0.5) is 0 Å². The molecule has 0 spiro atoms. The largest absolute Gasteiger partial charge is 0.456 e. The van der Waals surface area contributed by atoms with Gasteiger partial charge in [-0.2, -0.15) is 0 Å². The lowest BCUT2D eigenvalue weighted by Gasteiger charge is -2.60. The molecule has 4 aliphatic carbocycles. The standard InChI is InChI=1S/C27H42N2O6/c1-25-10-8-17(30)13-16(25)6-7-18-19-9-11-27(34,26(19,2)14-21(31)23(18)25)22(32)15-35-24(33)20(29)5-3-4-12-28/h13,18-21,23,31,34H,3-12,14-15,28-29H2,1-2H3. The predicted molar refractivity (Wildman–Crippen MR) is 130 cm³/mol. The number of ketones is 2. The van der Waals surface area contributed by atoms with Gasteiger partial charge in [0.05, 0.1) is 6.10 Å². The van der Waals surface area contributed by atoms with Gasteiger partial charge in [0.15, 0.2) is 12.4 Å². The minimum Gasteiger partial charge on any atom is -0.456 e. The molecule has 8 nitrogen and oxygen atoms in total. The maximum absolute atomic E-state index is 13.3. The highest BCUT2D eigenvalue weighted by atomic mass is 16.5. The second-order valence-corrected chi connectivity index (χ2v) is 11.9. The van der Waals surface area contributed by atoms with Crippen molar-refractivity contribution in [1.29, 1.82) is 0 Å². The first kappa shape index (κ1) is 26.5. The van der Waals surface area contributed by atoms with Crippen LogP contribution in [0.15, 0.2) is 11.6 Å². The number of allylic oxidation sites excluding steroid dienone is 1. The highest BCUT2D eigenvalue weighted by Gasteiger charge is 2.68. The van der Waals surface area contributed by atoms with E-state index in [-0.39, 0.29) is 29.0 Å². The Bertz CT molecular complexity index is 904. The van der Waals surface area contributed by atoms with Crippen LogP contribution < -0.4 is 11.5 Å². The number of nitrogens with two attached hydrogens (primary N) is 2. The lowest BCUT2D eigenvalue weighted by Crippen LogP contribution is -2.62. The number of Topliss-reactive ketones (excluding diaryl/α,β-unsaturated/α-hetero) is 1. The topological polar surface area (TPSA) is 153 Å². The molecule has 0 aliphatic heterocycles. The molecule has 0 bridgehead atoms. The number of unbranched alkanes of at least 4 members (excludes halogenated alkanes) is 1. The first-order valence-electron chi connectivity index (χ1n) is 13.3. The van der Waals surface area contributed by atoms with Gasteiger partial charge in [-0.05, 0) is 87.2 Å². The second kappa shape index (κ2) is 9.69. The molecule has 4 aliphatic rings. The zero-order valence-electron chi connectivity index (χ0n) is 21.1. The summed E-state index contributed by atoms with van der Waals surface area (Å²) < 4.78 is 5.22. The van der Waals surface area contributed by atoms with Gasteiger partial charge in [0, 0.05) is 11.8 Å². The van der Waals surface area contributed by atoms with Gasteiger partial charge in [0.25, 0.3) is 0 Å². The van der Waals surface area contributed by atoms with Crippen LogP contribution in [-0.2, 0) is 19.1 Å². The van der Waals surface area contributed by atoms with E-state index >= 15 is 0 Å². The van der Waals surface area contributed by atoms with E-state index in [1.807, 2.05) is 6.92 Å². The number of ether oxygens (including phenoxy) is 1. The molecule has 6 N–H and O–H groups in total. The number of carbonyl (C=O) groups excluding carboxylic acids is 3. The van der Waals surface area contributed by atoms with Crippen LogP contribution in [0.25, 0.3) is 0 Å². The van der Waals surface area contributed by atoms with Crippen LogP contribution in [0.5, 0.6) is 0 Å². The first-order chi connectivity index (χ1) is 16.5. The van der Waals surface area contributed by atoms with Gasteiger partial charge in [-0.3, -0.25) is 14.4 Å². The minimum atomic E-state index is -1.66. The molecule has 8 atom stereocenters. The predicted octanol–water partition coefficient (Wildman–Crippen LogP) is 1.79. The molecule has 0 saturated heterocycles. The number of carbonyl (C=O) groups is 3. The van der Waals surface area contributed by atoms with Gasteiger partial charge in [-0.15, -0.1) is 0 Å². The summed E-state index contributed by atoms with van der Waals surface area (Å²) in [4.78, 5) is 37.6. The van der Waals surface area contributed by atoms with E-state index in [4.69, 9.17) is 16.2 Å². The molecule has 3 saturated carbocycles. The van der Waals surface area contributed by atoms with Crippen molar-refractivity contribution in [1.82, 2.24) is 0 Å². The molecule has 0 radical (unpaired) electrons. The van der Waals surface area contributed by atoms with E-state index in [0.29, 0.717) is 45.1 Å². The SMILES string of the molecule is CC12CCC(=O)C=C1CCC1C2C(O)CC2(C)C1CCC2(O)C(=O)COC(=O)C(N)CCCCN. The fraction of sp³-hybridized carbons (Fsp3) is 0.815. The van der Waals surface area contributed by atoms with Crippen LogP contribution in [0.3, 0.4) is 0 Å². The van der Waals surface area contributed by atoms with Crippen LogP contribution in [0.2, 0.25) is 0 Å². The Morgan fingerprint density at radius 2 is 1.94 bits per heavy atom. The van der Waals surface area contributed by atoms with Crippen LogP contribution in [-0.4, -0.2) is 58.6 Å². The highest BCUT2D eigenvalue weighted by molar-refractivity contribution is 5.92. The third kappa shape index (κ3) is 4.30. The quantitative estimate of drug-likeness (QED) is 0.297. The smallest absolute Gasteiger partial charge is 0.323 e. The molecule has 8 heteroatoms. The van der Waals surface area contributed by atoms with Crippen LogP contribution in [0.1, 0.15) is 78.1 Å². The number of aliphatic hydroxyl groups excluding tert-OH is 1. The first-order valence-corrected chi connectivity index (χ1v) is 13.3. The number of hydrogen-bond donors (Lipinski definition) is 4. The number of aliphatic hydroxyl groups is 2. The molecule has 0 aromatic carbocycles. The Labute approximate surface area is 207 Å². The van der Waals surface area contributed by atoms with Gasteiger partial charge in [0.1, 0.15) is 11.6 Å². The number of hydrogen-bond acceptors (Lipinski definition) is 8. The normalized spacial score (nSPS) is 41.3. The number of rotatable bonds is 8. The van der Waals surface area contributed by atoms with Crippen molar-refractivity contribution in [2.24, 2.45) is 40.1 Å². The van der Waals surface area contributed by atoms with Crippen molar-refractivity contribution in [2.45, 2.75) is 95.8 Å². The monoisotopic (exact) mass is 490 g/mol. The molecule has 196 valence electrons. The van der Waals surface area contributed by atoms with Crippen molar-refractivity contribution < 1.29 is 29.3 Å². The fourth-order valence-electron chi connectivity index (χ4n) is 8.14. The summed E-state index contributed by atoms with van der Waals surface area (Å²) in [6, 6.07) is -0.819. The Kier molecular flexibility index (Phi) is 7.32. The van der Waals surface area contributed by atoms with E-state index in [0.717, 1.165) is 31.3 Å². The van der Waals surface area contributed by atoms with E-state index in [9.17, 15) is 24.6 Å². The van der Waals surface area contributed by atoms with Gasteiger partial charge in [-0.25, -0.2) is 0 Å². The summed E-state index contributed by atoms with van der Waals surface area (Å²) in [6.45, 7) is 4.10. The lowest BCUT2D eigenvalue weighted by atomic mass is 9.45. The Hall–Kier alpha value is -1.61. The lowest BCUT2D eigenvalue weighted by molar-refractivity contribution is -0.184. The van der Waals surface area contributed by atoms with Crippen molar-refractivity contribution in [3.8, 4) is 0 Å². The molecule has 0 aromatic rings. The molecule has 0 amide bonds. The molecule has 3 fully saturated rings. The summed E-state index contributed by atoms with van der Waals surface area (Å²) in [5.74, 6) is -0.735. The van der Waals surface area contributed by atoms with Crippen molar-refractivity contribution in [2.75, 3.05) is 13.2 Å². The Balaban J connectivity index is 1.48. The van der Waals surface area contributed by atoms with Gasteiger partial charge < -0.3 is 26.4 Å². The molecular weight excluding hydrogens is 448 g/mol. The van der Waals surface area contributed by atoms with Crippen LogP contribution in [0, 0.1) is 28.6 Å². The third-order valence-corrected chi connectivity index (χ3v) is 10.1. The molecular formula is C27H42N2O6. The molecule has 8 unspecified atom stereocenters. The van der Waals surface area contributed by atoms with E-state index in [2.05, 4.69) is 6.92 Å². The summed E-state index contributed by atoms with van der Waals surface area (Å²) in [5, 5.41) is 23.2. The fourth-order valence-corrected chi connectivity index (χ4v) is 8.14. The zero-order chi connectivity index (χ0) is 25.6. The van der Waals surface area contributed by atoms with E-state index < -0.39 is 41.5 Å². The average molecular weight is 491 g/mol. The van der Waals surface area contributed by atoms with E-state index in [1.54, 1.807) is 6.08 Å². The van der Waals surface area contributed by atoms with Crippen LogP contribution >= 0.6 is 0 Å². The molecule has 4 rings (SSSR count). The van der Waals surface area contributed by atoms with Gasteiger partial charge in [-0.1, -0.05) is 25.8 Å². The van der Waals surface area contributed by atoms with E-state index in [1.165, 1.54) is 0 Å². The van der Waals surface area contributed by atoms with Crippen molar-refractivity contribution in [3.63, 3.8) is 0 Å². The van der Waals surface area contributed by atoms with Crippen molar-refractivity contribution >= 4 is 17.5 Å². The van der Waals surface area contributed by atoms with Crippen molar-refractivity contribution in [3.05, 3.63) is 11.6 Å². The zero-order valence-corrected chi connectivity index (χ0v) is 21.1. The number of esters is 1.